The third kappa shape index (κ3) is 8.60. The maximum atomic E-state index is 11.5. The summed E-state index contributed by atoms with van der Waals surface area (Å²) in [5, 5.41) is 0. The molecule has 0 aromatic heterocycles. The number of rotatable bonds is 8. The van der Waals surface area contributed by atoms with Crippen LogP contribution in [0.25, 0.3) is 0 Å². The standard InChI is InChI=1S/C6H15N2O2P.2C3H9O2P.Al/c1-3-7-5-6-8(4-2)11(7,9)10;2*1-3-6(2,4)5;/h3-6H2,1-2H3,(H,9,10);2*3H2,1-2H3,(H,4,5);/q;;;+2/p-2. The quantitative estimate of drug-likeness (QED) is 0.474. The summed E-state index contributed by atoms with van der Waals surface area (Å²) in [5.41, 5.74) is 0. The lowest BCUT2D eigenvalue weighted by Gasteiger charge is -2.22. The summed E-state index contributed by atoms with van der Waals surface area (Å²) < 4.78 is 47.7. The monoisotopic (exact) mass is 419 g/mol. The molecule has 2 atom stereocenters. The topological polar surface area (TPSA) is 96.4 Å². The Morgan fingerprint density at radius 1 is 0.958 bits per heavy atom. The van der Waals surface area contributed by atoms with Crippen molar-refractivity contribution in [1.29, 1.82) is 0 Å². The van der Waals surface area contributed by atoms with Gasteiger partial charge in [0.2, 0.25) is 0 Å². The molecular weight excluding hydrogens is 388 g/mol. The molecule has 0 aromatic rings. The van der Waals surface area contributed by atoms with Gasteiger partial charge in [-0.05, 0) is 0 Å². The van der Waals surface area contributed by atoms with E-state index in [4.69, 9.17) is 7.15 Å². The second-order valence-electron chi connectivity index (χ2n) is 5.57. The molecule has 2 unspecified atom stereocenters. The third-order valence-corrected chi connectivity index (χ3v) is 12.8. The molecule has 143 valence electrons. The van der Waals surface area contributed by atoms with Gasteiger partial charge < -0.3 is 12.0 Å². The van der Waals surface area contributed by atoms with Crippen molar-refractivity contribution in [3.63, 3.8) is 0 Å². The normalized spacial score (nSPS) is 23.0. The number of hydrogen-bond donors (Lipinski definition) is 1. The SMILES string of the molecule is CCN1CCN(CC)P1(=O)O.CCP(C)(=O)[O][Al][O]P(C)(=O)CC. The molecule has 0 bridgehead atoms. The molecule has 1 rings (SSSR count). The summed E-state index contributed by atoms with van der Waals surface area (Å²) in [7, 11) is -8.05. The van der Waals surface area contributed by atoms with E-state index in [0.717, 1.165) is 13.1 Å². The molecule has 1 aliphatic heterocycles. The van der Waals surface area contributed by atoms with Crippen LogP contribution in [0.5, 0.6) is 0 Å². The first kappa shape index (κ1) is 25.0. The summed E-state index contributed by atoms with van der Waals surface area (Å²) in [6.45, 7) is 13.3. The van der Waals surface area contributed by atoms with E-state index in [1.165, 1.54) is 0 Å². The van der Waals surface area contributed by atoms with E-state index in [1.807, 2.05) is 13.8 Å². The lowest BCUT2D eigenvalue weighted by atomic mass is 10.6. The molecule has 1 heterocycles. The zero-order chi connectivity index (χ0) is 19.0. The van der Waals surface area contributed by atoms with Gasteiger partial charge in [0.15, 0.2) is 14.7 Å². The van der Waals surface area contributed by atoms with E-state index in [1.54, 1.807) is 36.5 Å². The largest absolute Gasteiger partial charge is 0.679 e. The summed E-state index contributed by atoms with van der Waals surface area (Å²) in [4.78, 5) is 9.52. The van der Waals surface area contributed by atoms with E-state index in [0.29, 0.717) is 25.4 Å². The van der Waals surface area contributed by atoms with E-state index in [2.05, 4.69) is 0 Å². The van der Waals surface area contributed by atoms with Gasteiger partial charge in [0.25, 0.3) is 0 Å². The number of hydrogen-bond acceptors (Lipinski definition) is 5. The summed E-state index contributed by atoms with van der Waals surface area (Å²) in [6, 6.07) is 0. The third-order valence-electron chi connectivity index (χ3n) is 3.76. The van der Waals surface area contributed by atoms with Gasteiger partial charge in [-0.1, -0.05) is 27.7 Å². The van der Waals surface area contributed by atoms with Crippen LogP contribution in [0.3, 0.4) is 0 Å². The van der Waals surface area contributed by atoms with Gasteiger partial charge in [-0.15, -0.1) is 0 Å². The van der Waals surface area contributed by atoms with Crippen molar-refractivity contribution in [2.75, 3.05) is 51.8 Å². The number of nitrogens with zero attached hydrogens (tertiary/aromatic N) is 2. The highest BCUT2D eigenvalue weighted by Gasteiger charge is 2.39. The highest BCUT2D eigenvalue weighted by Crippen LogP contribution is 2.52. The van der Waals surface area contributed by atoms with Crippen molar-refractivity contribution in [3.8, 4) is 0 Å². The van der Waals surface area contributed by atoms with E-state index in [9.17, 15) is 18.6 Å². The Morgan fingerprint density at radius 3 is 1.50 bits per heavy atom. The fourth-order valence-electron chi connectivity index (χ4n) is 1.71. The fraction of sp³-hybridized carbons (Fsp3) is 1.00. The van der Waals surface area contributed by atoms with Crippen molar-refractivity contribution < 1.29 is 25.7 Å². The maximum Gasteiger partial charge on any atom is 0.679 e. The Morgan fingerprint density at radius 2 is 1.29 bits per heavy atom. The molecule has 1 fully saturated rings. The molecule has 24 heavy (non-hydrogen) atoms. The first-order chi connectivity index (χ1) is 11.0. The molecule has 1 N–H and O–H groups in total. The molecule has 1 aliphatic rings. The van der Waals surface area contributed by atoms with Crippen molar-refractivity contribution in [3.05, 3.63) is 0 Å². The Labute approximate surface area is 153 Å². The Hall–Kier alpha value is 1.02. The Bertz CT molecular complexity index is 481. The predicted octanol–water partition coefficient (Wildman–Crippen LogP) is 3.15. The zero-order valence-corrected chi connectivity index (χ0v) is 19.4. The van der Waals surface area contributed by atoms with Crippen molar-refractivity contribution in [1.82, 2.24) is 9.34 Å². The molecule has 0 amide bonds. The highest BCUT2D eigenvalue weighted by molar-refractivity contribution is 7.60. The van der Waals surface area contributed by atoms with E-state index < -0.39 is 38.3 Å². The van der Waals surface area contributed by atoms with E-state index >= 15 is 0 Å². The lowest BCUT2D eigenvalue weighted by molar-refractivity contribution is 0.353. The summed E-state index contributed by atoms with van der Waals surface area (Å²) >= 11 is -0.861. The van der Waals surface area contributed by atoms with Gasteiger partial charge >= 0.3 is 23.6 Å². The van der Waals surface area contributed by atoms with Gasteiger partial charge in [0, 0.05) is 51.8 Å². The van der Waals surface area contributed by atoms with Gasteiger partial charge in [0.1, 0.15) is 0 Å². The van der Waals surface area contributed by atoms with Gasteiger partial charge in [0.05, 0.1) is 0 Å². The summed E-state index contributed by atoms with van der Waals surface area (Å²) in [6.07, 6.45) is 0.979. The molecule has 0 saturated carbocycles. The molecule has 1 saturated heterocycles. The molecular formula is C12H31AlN2O6P3. The van der Waals surface area contributed by atoms with Crippen LogP contribution in [-0.2, 0) is 20.8 Å². The minimum absolute atomic E-state index is 0.490. The lowest BCUT2D eigenvalue weighted by Crippen LogP contribution is -2.18. The smallest absolute Gasteiger partial charge is 0.435 e. The molecule has 1 radical (unpaired) electrons. The first-order valence-electron chi connectivity index (χ1n) is 8.10. The van der Waals surface area contributed by atoms with Gasteiger partial charge in [-0.2, -0.15) is 0 Å². The average Bonchev–Trinajstić information content (AvgIpc) is 2.81. The second kappa shape index (κ2) is 11.0. The maximum absolute atomic E-state index is 11.5. The summed E-state index contributed by atoms with van der Waals surface area (Å²) in [5.74, 6) is 0. The molecule has 0 aromatic carbocycles. The van der Waals surface area contributed by atoms with Gasteiger partial charge in [-0.25, -0.2) is 9.34 Å². The van der Waals surface area contributed by atoms with Crippen LogP contribution in [0.2, 0.25) is 0 Å². The van der Waals surface area contributed by atoms with Crippen LogP contribution in [-0.4, -0.2) is 82.0 Å². The second-order valence-corrected chi connectivity index (χ2v) is 14.9. The van der Waals surface area contributed by atoms with Crippen LogP contribution in [0.4, 0.5) is 0 Å². The number of likely N-dealkylation sites (N-methyl/N-ethyl adjacent to an activating group) is 2. The van der Waals surface area contributed by atoms with Crippen molar-refractivity contribution in [2.24, 2.45) is 0 Å². The van der Waals surface area contributed by atoms with Crippen LogP contribution < -0.4 is 0 Å². The fourth-order valence-corrected chi connectivity index (χ4v) is 6.65. The minimum Gasteiger partial charge on any atom is -0.435 e. The first-order valence-corrected chi connectivity index (χ1v) is 15.1. The van der Waals surface area contributed by atoms with Crippen molar-refractivity contribution >= 4 is 38.3 Å². The van der Waals surface area contributed by atoms with Crippen molar-refractivity contribution in [2.45, 2.75) is 27.7 Å². The van der Waals surface area contributed by atoms with Crippen LogP contribution in [0.1, 0.15) is 27.7 Å². The molecule has 0 spiro atoms. The van der Waals surface area contributed by atoms with Crippen LogP contribution in [0, 0.1) is 0 Å². The molecule has 12 heteroatoms. The predicted molar refractivity (Wildman–Crippen MR) is 100 cm³/mol. The highest BCUT2D eigenvalue weighted by atomic mass is 31.2. The Balaban J connectivity index is 0.000000446. The van der Waals surface area contributed by atoms with Gasteiger partial charge in [-0.3, -0.25) is 13.7 Å². The molecule has 0 aliphatic carbocycles. The Kier molecular flexibility index (Phi) is 11.5. The zero-order valence-electron chi connectivity index (χ0n) is 15.5. The van der Waals surface area contributed by atoms with Crippen LogP contribution >= 0.6 is 22.4 Å². The van der Waals surface area contributed by atoms with Crippen LogP contribution in [0.15, 0.2) is 0 Å². The van der Waals surface area contributed by atoms with E-state index in [-0.39, 0.29) is 0 Å². The molecule has 8 nitrogen and oxygen atoms in total. The minimum atomic E-state index is -3.10. The average molecular weight is 419 g/mol.